The van der Waals surface area contributed by atoms with E-state index in [1.165, 1.54) is 15.9 Å². The Balaban J connectivity index is 0.828. The summed E-state index contributed by atoms with van der Waals surface area (Å²) in [6.07, 6.45) is 4.55. The van der Waals surface area contributed by atoms with Gasteiger partial charge in [0.15, 0.2) is 0 Å². The van der Waals surface area contributed by atoms with Crippen LogP contribution in [0.3, 0.4) is 0 Å². The normalized spacial score (nSPS) is 11.8. The molecule has 0 saturated heterocycles. The molecule has 320 valence electrons. The van der Waals surface area contributed by atoms with Crippen molar-refractivity contribution in [1.29, 1.82) is 0 Å². The zero-order chi connectivity index (χ0) is 43.6. The number of aromatic nitrogens is 3. The van der Waals surface area contributed by atoms with E-state index in [0.717, 1.165) is 86.7 Å². The van der Waals surface area contributed by atoms with Crippen molar-refractivity contribution in [2.24, 2.45) is 0 Å². The third kappa shape index (κ3) is 10.0. The van der Waals surface area contributed by atoms with Crippen LogP contribution in [0.5, 0.6) is 0 Å². The number of hydrogen-bond donors (Lipinski definition) is 2. The average molecular weight is 878 g/mol. The van der Waals surface area contributed by atoms with Gasteiger partial charge in [-0.2, -0.15) is 0 Å². The van der Waals surface area contributed by atoms with Crippen LogP contribution in [-0.2, 0) is 17.9 Å². The van der Waals surface area contributed by atoms with E-state index in [0.29, 0.717) is 6.54 Å². The van der Waals surface area contributed by atoms with Crippen LogP contribution < -0.4 is 31.4 Å². The molecule has 6 aromatic carbocycles. The Morgan fingerprint density at radius 3 is 1.83 bits per heavy atom. The van der Waals surface area contributed by atoms with Crippen LogP contribution in [0.25, 0.3) is 31.6 Å². The third-order valence-electron chi connectivity index (χ3n) is 11.9. The quantitative estimate of drug-likeness (QED) is 0.0832. The zero-order valence-electron chi connectivity index (χ0n) is 36.0. The first kappa shape index (κ1) is 42.5. The summed E-state index contributed by atoms with van der Waals surface area (Å²) in [5.41, 5.74) is 6.23. The standard InChI is InChI=1S/C54H52N7OPS/c1-60(40-53(62)58-32-34-63(48-17-5-2-6-18-48,49-19-7-3-8-20-49)50-21-9-4-10-22-50)47-27-25-41-35-43(24-23-42(41)36-47)54-59-51-28-26-44(37-52(51)64-54)57-31-33-61(38-45-15-11-13-29-55-45)39-46-16-12-14-30-56-46/h2-30,35-37,57,63H,31-34,38-40H2,1H3,(H,58,62). The first-order chi connectivity index (χ1) is 31.5. The van der Waals surface area contributed by atoms with Crippen LogP contribution in [0.4, 0.5) is 11.4 Å². The second kappa shape index (κ2) is 20.2. The molecule has 0 atom stereocenters. The van der Waals surface area contributed by atoms with Crippen LogP contribution in [0.15, 0.2) is 194 Å². The fraction of sp³-hybridized carbons (Fsp3) is 0.148. The molecule has 3 heterocycles. The molecule has 0 spiro atoms. The van der Waals surface area contributed by atoms with Gasteiger partial charge in [-0.15, -0.1) is 11.3 Å². The van der Waals surface area contributed by atoms with Gasteiger partial charge in [0.2, 0.25) is 0 Å². The van der Waals surface area contributed by atoms with E-state index >= 15 is 0 Å². The Morgan fingerprint density at radius 1 is 0.625 bits per heavy atom. The Kier molecular flexibility index (Phi) is 13.4. The van der Waals surface area contributed by atoms with E-state index in [9.17, 15) is 4.79 Å². The number of hydrogen-bond acceptors (Lipinski definition) is 8. The summed E-state index contributed by atoms with van der Waals surface area (Å²) in [6.45, 7) is 3.96. The molecule has 0 bridgehead atoms. The van der Waals surface area contributed by atoms with E-state index < -0.39 is 7.26 Å². The Bertz CT molecular complexity index is 2780. The van der Waals surface area contributed by atoms with E-state index in [2.05, 4.69) is 183 Å². The maximum atomic E-state index is 13.5. The fourth-order valence-corrected chi connectivity index (χ4v) is 14.3. The summed E-state index contributed by atoms with van der Waals surface area (Å²) in [6, 6.07) is 64.0. The molecule has 9 aromatic rings. The predicted molar refractivity (Wildman–Crippen MR) is 271 cm³/mol. The molecular weight excluding hydrogens is 826 g/mol. The average Bonchev–Trinajstić information content (AvgIpc) is 3.78. The SMILES string of the molecule is CN(CC(=O)NCC[PH](c1ccccc1)(c1ccccc1)c1ccccc1)c1ccc2cc(-c3nc4ccc(NCCN(Cc5ccccn5)Cc5ccccn5)cc4s3)ccc2c1. The van der Waals surface area contributed by atoms with Crippen molar-refractivity contribution in [2.45, 2.75) is 13.1 Å². The molecule has 0 radical (unpaired) electrons. The first-order valence-electron chi connectivity index (χ1n) is 21.9. The Hall–Kier alpha value is -6.77. The number of amides is 1. The van der Waals surface area contributed by atoms with Crippen LogP contribution in [0.1, 0.15) is 11.4 Å². The molecule has 0 unspecified atom stereocenters. The Morgan fingerprint density at radius 2 is 1.22 bits per heavy atom. The number of rotatable bonds is 18. The number of carbonyl (C=O) groups excluding carboxylic acids is 1. The van der Waals surface area contributed by atoms with Gasteiger partial charge in [0.25, 0.3) is 0 Å². The van der Waals surface area contributed by atoms with Gasteiger partial charge >= 0.3 is 220 Å². The van der Waals surface area contributed by atoms with E-state index in [1.54, 1.807) is 11.3 Å². The minimum atomic E-state index is -2.44. The van der Waals surface area contributed by atoms with Gasteiger partial charge < -0.3 is 5.32 Å². The Labute approximate surface area is 380 Å². The number of pyridine rings is 2. The molecule has 0 fully saturated rings. The van der Waals surface area contributed by atoms with Crippen LogP contribution in [0.2, 0.25) is 0 Å². The van der Waals surface area contributed by atoms with Crippen molar-refractivity contribution >= 4 is 72.8 Å². The van der Waals surface area contributed by atoms with Gasteiger partial charge in [0.1, 0.15) is 5.01 Å². The molecular formula is C54H52N7OPS. The number of benzene rings is 6. The zero-order valence-corrected chi connectivity index (χ0v) is 37.8. The number of nitrogens with zero attached hydrogens (tertiary/aromatic N) is 5. The molecule has 0 aliphatic heterocycles. The molecule has 3 aromatic heterocycles. The molecule has 9 rings (SSSR count). The second-order valence-corrected chi connectivity index (χ2v) is 21.3. The maximum absolute atomic E-state index is 13.5. The van der Waals surface area contributed by atoms with E-state index in [-0.39, 0.29) is 12.5 Å². The predicted octanol–water partition coefficient (Wildman–Crippen LogP) is 9.30. The number of likely N-dealkylation sites (N-methyl/N-ethyl adjacent to an activating group) is 1. The summed E-state index contributed by atoms with van der Waals surface area (Å²) < 4.78 is 1.14. The van der Waals surface area contributed by atoms with Gasteiger partial charge in [-0.3, -0.25) is 14.9 Å². The van der Waals surface area contributed by atoms with Crippen LogP contribution >= 0.6 is 18.6 Å². The number of anilines is 2. The fourth-order valence-electron chi connectivity index (χ4n) is 8.63. The van der Waals surface area contributed by atoms with Crippen molar-refractivity contribution in [1.82, 2.24) is 25.2 Å². The van der Waals surface area contributed by atoms with E-state index in [4.69, 9.17) is 4.98 Å². The summed E-state index contributed by atoms with van der Waals surface area (Å²) in [5, 5.41) is 14.2. The molecule has 10 heteroatoms. The number of carbonyl (C=O) groups is 1. The molecule has 8 nitrogen and oxygen atoms in total. The summed E-state index contributed by atoms with van der Waals surface area (Å²) in [4.78, 5) is 32.1. The summed E-state index contributed by atoms with van der Waals surface area (Å²) in [5.74, 6) is 0.00687. The molecule has 2 N–H and O–H groups in total. The molecule has 0 aliphatic rings. The number of fused-ring (bicyclic) bond motifs is 2. The number of thiazole rings is 1. The molecule has 64 heavy (non-hydrogen) atoms. The van der Waals surface area contributed by atoms with Crippen molar-refractivity contribution in [3.05, 3.63) is 206 Å². The number of nitrogens with one attached hydrogen (secondary N) is 2. The van der Waals surface area contributed by atoms with E-state index in [1.807, 2.05) is 48.6 Å². The second-order valence-electron chi connectivity index (χ2n) is 16.2. The van der Waals surface area contributed by atoms with Gasteiger partial charge in [-0.25, -0.2) is 4.98 Å². The topological polar surface area (TPSA) is 86.3 Å². The van der Waals surface area contributed by atoms with Gasteiger partial charge in [-0.05, 0) is 42.5 Å². The molecule has 0 saturated carbocycles. The van der Waals surface area contributed by atoms with Gasteiger partial charge in [-0.1, -0.05) is 12.1 Å². The first-order valence-corrected chi connectivity index (χ1v) is 24.9. The third-order valence-corrected chi connectivity index (χ3v) is 17.9. The van der Waals surface area contributed by atoms with Gasteiger partial charge in [0.05, 0.1) is 21.6 Å². The monoisotopic (exact) mass is 877 g/mol. The molecule has 0 aliphatic carbocycles. The summed E-state index contributed by atoms with van der Waals surface area (Å²) >= 11 is 1.71. The van der Waals surface area contributed by atoms with Crippen molar-refractivity contribution in [2.75, 3.05) is 49.6 Å². The van der Waals surface area contributed by atoms with Gasteiger partial charge in [0, 0.05) is 44.3 Å². The minimum absolute atomic E-state index is 0.00687. The van der Waals surface area contributed by atoms with Crippen LogP contribution in [0, 0.1) is 0 Å². The van der Waals surface area contributed by atoms with Crippen molar-refractivity contribution in [3.8, 4) is 10.6 Å². The van der Waals surface area contributed by atoms with Crippen molar-refractivity contribution in [3.63, 3.8) is 0 Å². The molecule has 1 amide bonds. The van der Waals surface area contributed by atoms with Crippen molar-refractivity contribution < 1.29 is 4.79 Å². The van der Waals surface area contributed by atoms with Crippen LogP contribution in [-0.4, -0.2) is 65.1 Å². The summed E-state index contributed by atoms with van der Waals surface area (Å²) in [7, 11) is -0.453.